The molecule has 4 atom stereocenters. The Morgan fingerprint density at radius 3 is 2.67 bits per heavy atom. The van der Waals surface area contributed by atoms with Gasteiger partial charge in [0.05, 0.1) is 13.0 Å². The zero-order valence-electron chi connectivity index (χ0n) is 20.9. The Morgan fingerprint density at radius 1 is 1.17 bits per heavy atom. The number of esters is 1. The lowest BCUT2D eigenvalue weighted by Crippen LogP contribution is -2.35. The fourth-order valence-corrected chi connectivity index (χ4v) is 5.91. The van der Waals surface area contributed by atoms with Crippen LogP contribution in [0.4, 0.5) is 10.6 Å². The molecule has 1 aliphatic carbocycles. The van der Waals surface area contributed by atoms with Crippen molar-refractivity contribution in [2.45, 2.75) is 51.1 Å². The number of carbonyl (C=O) groups is 2. The van der Waals surface area contributed by atoms with Gasteiger partial charge in [0.2, 0.25) is 0 Å². The van der Waals surface area contributed by atoms with Crippen molar-refractivity contribution in [1.29, 1.82) is 0 Å². The summed E-state index contributed by atoms with van der Waals surface area (Å²) in [5.41, 5.74) is 3.13. The van der Waals surface area contributed by atoms with Gasteiger partial charge in [-0.2, -0.15) is 0 Å². The van der Waals surface area contributed by atoms with E-state index in [0.29, 0.717) is 43.3 Å². The lowest BCUT2D eigenvalue weighted by atomic mass is 10.0. The predicted molar refractivity (Wildman–Crippen MR) is 137 cm³/mol. The van der Waals surface area contributed by atoms with Crippen LogP contribution in [0.5, 0.6) is 0 Å². The van der Waals surface area contributed by atoms with Crippen LogP contribution in [0.15, 0.2) is 42.5 Å². The first-order chi connectivity index (χ1) is 17.5. The van der Waals surface area contributed by atoms with E-state index in [4.69, 9.17) is 9.72 Å². The first-order valence-electron chi connectivity index (χ1n) is 13.2. The Morgan fingerprint density at radius 2 is 1.94 bits per heavy atom. The van der Waals surface area contributed by atoms with E-state index in [1.165, 1.54) is 4.90 Å². The van der Waals surface area contributed by atoms with Crippen LogP contribution in [0.2, 0.25) is 0 Å². The molecular weight excluding hydrogens is 456 g/mol. The molecule has 0 spiro atoms. The van der Waals surface area contributed by atoms with Gasteiger partial charge in [0.1, 0.15) is 5.82 Å². The fourth-order valence-electron chi connectivity index (χ4n) is 5.91. The highest BCUT2D eigenvalue weighted by Gasteiger charge is 2.55. The maximum Gasteiger partial charge on any atom is 0.413 e. The van der Waals surface area contributed by atoms with Crippen molar-refractivity contribution in [2.75, 3.05) is 37.7 Å². The number of nitrogens with zero attached hydrogens (tertiary/aromatic N) is 3. The van der Waals surface area contributed by atoms with Crippen LogP contribution in [0.1, 0.15) is 49.0 Å². The molecule has 1 aromatic carbocycles. The average Bonchev–Trinajstić information content (AvgIpc) is 3.31. The number of anilines is 1. The van der Waals surface area contributed by atoms with Gasteiger partial charge in [0.15, 0.2) is 0 Å². The number of benzene rings is 1. The third kappa shape index (κ3) is 5.55. The molecule has 1 aromatic heterocycles. The number of fused-ring (bicyclic) bond motifs is 2. The summed E-state index contributed by atoms with van der Waals surface area (Å²) in [6.07, 6.45) is 3.03. The molecule has 2 N–H and O–H groups in total. The minimum Gasteiger partial charge on any atom is -0.466 e. The van der Waals surface area contributed by atoms with E-state index >= 15 is 0 Å². The summed E-state index contributed by atoms with van der Waals surface area (Å²) in [6.45, 7) is 5.95. The molecule has 2 aromatic rings. The second-order valence-corrected chi connectivity index (χ2v) is 10.2. The quantitative estimate of drug-likeness (QED) is 0.489. The van der Waals surface area contributed by atoms with Crippen LogP contribution in [-0.4, -0.2) is 65.9 Å². The molecule has 8 nitrogen and oxygen atoms in total. The van der Waals surface area contributed by atoms with E-state index in [9.17, 15) is 14.7 Å². The van der Waals surface area contributed by atoms with Gasteiger partial charge in [-0.05, 0) is 68.2 Å². The van der Waals surface area contributed by atoms with E-state index in [2.05, 4.69) is 28.4 Å². The number of aryl methyl sites for hydroxylation is 2. The van der Waals surface area contributed by atoms with Crippen LogP contribution in [0.25, 0.3) is 0 Å². The number of pyridine rings is 1. The van der Waals surface area contributed by atoms with Gasteiger partial charge < -0.3 is 20.1 Å². The third-order valence-electron chi connectivity index (χ3n) is 7.78. The highest BCUT2D eigenvalue weighted by Crippen LogP contribution is 2.46. The molecule has 1 amide bonds. The second kappa shape index (κ2) is 11.0. The average molecular weight is 493 g/mol. The molecular formula is C28H36N4O4. The molecule has 5 rings (SSSR count). The Balaban J connectivity index is 1.09. The Hall–Kier alpha value is -2.97. The van der Waals surface area contributed by atoms with Crippen molar-refractivity contribution >= 4 is 17.9 Å². The lowest BCUT2D eigenvalue weighted by molar-refractivity contribution is -0.143. The molecule has 8 heteroatoms. The van der Waals surface area contributed by atoms with Gasteiger partial charge in [-0.15, -0.1) is 0 Å². The number of hydrogen-bond acceptors (Lipinski definition) is 6. The molecule has 3 aliphatic rings. The first kappa shape index (κ1) is 24.7. The summed E-state index contributed by atoms with van der Waals surface area (Å²) in [5, 5.41) is 13.2. The van der Waals surface area contributed by atoms with Gasteiger partial charge in [-0.1, -0.05) is 36.4 Å². The Bertz CT molecular complexity index is 1070. The molecule has 3 heterocycles. The summed E-state index contributed by atoms with van der Waals surface area (Å²) in [6, 6.07) is 14.7. The number of carboxylic acid groups (broad SMARTS) is 1. The highest BCUT2D eigenvalue weighted by molar-refractivity contribution is 5.86. The molecule has 2 unspecified atom stereocenters. The fraction of sp³-hybridized carbons (Fsp3) is 0.536. The molecule has 2 aliphatic heterocycles. The Labute approximate surface area is 212 Å². The van der Waals surface area contributed by atoms with Gasteiger partial charge in [-0.25, -0.2) is 9.78 Å². The van der Waals surface area contributed by atoms with Gasteiger partial charge in [0, 0.05) is 37.4 Å². The van der Waals surface area contributed by atoms with Crippen LogP contribution >= 0.6 is 0 Å². The first-order valence-corrected chi connectivity index (χ1v) is 13.2. The van der Waals surface area contributed by atoms with Crippen LogP contribution in [0.3, 0.4) is 0 Å². The van der Waals surface area contributed by atoms with Crippen molar-refractivity contribution < 1.29 is 19.4 Å². The van der Waals surface area contributed by atoms with Gasteiger partial charge >= 0.3 is 12.1 Å². The van der Waals surface area contributed by atoms with Crippen molar-refractivity contribution in [1.82, 2.24) is 15.2 Å². The lowest BCUT2D eigenvalue weighted by Gasteiger charge is -2.26. The van der Waals surface area contributed by atoms with E-state index < -0.39 is 6.09 Å². The largest absolute Gasteiger partial charge is 0.466 e. The van der Waals surface area contributed by atoms with E-state index in [-0.39, 0.29) is 12.0 Å². The summed E-state index contributed by atoms with van der Waals surface area (Å²) >= 11 is 0. The second-order valence-electron chi connectivity index (χ2n) is 10.2. The van der Waals surface area contributed by atoms with Crippen molar-refractivity contribution in [3.8, 4) is 0 Å². The van der Waals surface area contributed by atoms with Crippen LogP contribution in [0, 0.1) is 11.8 Å². The number of nitrogens with one attached hydrogen (secondary N) is 1. The smallest absolute Gasteiger partial charge is 0.413 e. The number of hydrogen-bond donors (Lipinski definition) is 2. The number of likely N-dealkylation sites (tertiary alicyclic amines) is 1. The minimum atomic E-state index is -0.920. The standard InChI is InChI=1S/C28H36N4O4/c1-2-36-25(33)16-24(19-8-4-3-5-9-19)30-26-22-17-31(18-23(22)26)14-7-11-21-13-12-20-10-6-15-32(28(34)35)27(20)29-21/h3-5,8-9,12-13,22-24,26,30H,2,6-7,10-11,14-18H2,1H3,(H,34,35)/t22-,23+,24?,26?. The molecule has 1 saturated heterocycles. The molecule has 0 bridgehead atoms. The zero-order valence-corrected chi connectivity index (χ0v) is 20.9. The third-order valence-corrected chi connectivity index (χ3v) is 7.78. The SMILES string of the molecule is CCOC(=O)CC(NC1[C@H]2CN(CCCc3ccc4c(n3)N(C(=O)O)CCC4)C[C@@H]12)c1ccccc1. The normalized spacial score (nSPS) is 23.6. The number of amides is 1. The van der Waals surface area contributed by atoms with E-state index in [1.54, 1.807) is 0 Å². The van der Waals surface area contributed by atoms with Crippen molar-refractivity contribution in [2.24, 2.45) is 11.8 Å². The van der Waals surface area contributed by atoms with Crippen molar-refractivity contribution in [3.05, 3.63) is 59.3 Å². The zero-order chi connectivity index (χ0) is 25.1. The molecule has 2 fully saturated rings. The van der Waals surface area contributed by atoms with Crippen LogP contribution < -0.4 is 10.2 Å². The topological polar surface area (TPSA) is 95.0 Å². The van der Waals surface area contributed by atoms with E-state index in [1.807, 2.05) is 31.2 Å². The molecule has 192 valence electrons. The summed E-state index contributed by atoms with van der Waals surface area (Å²) in [7, 11) is 0. The van der Waals surface area contributed by atoms with Gasteiger partial charge in [0.25, 0.3) is 0 Å². The molecule has 36 heavy (non-hydrogen) atoms. The number of ether oxygens (including phenoxy) is 1. The monoisotopic (exact) mass is 492 g/mol. The summed E-state index contributed by atoms with van der Waals surface area (Å²) in [5.74, 6) is 1.72. The van der Waals surface area contributed by atoms with Crippen molar-refractivity contribution in [3.63, 3.8) is 0 Å². The minimum absolute atomic E-state index is 0.0187. The number of rotatable bonds is 10. The van der Waals surface area contributed by atoms with Crippen LogP contribution in [-0.2, 0) is 22.4 Å². The van der Waals surface area contributed by atoms with Gasteiger partial charge in [-0.3, -0.25) is 9.69 Å². The maximum absolute atomic E-state index is 12.2. The summed E-state index contributed by atoms with van der Waals surface area (Å²) in [4.78, 5) is 32.3. The summed E-state index contributed by atoms with van der Waals surface area (Å²) < 4.78 is 5.21. The molecule has 1 saturated carbocycles. The Kier molecular flexibility index (Phi) is 7.53. The predicted octanol–water partition coefficient (Wildman–Crippen LogP) is 3.66. The van der Waals surface area contributed by atoms with E-state index in [0.717, 1.165) is 62.1 Å². The number of carbonyl (C=O) groups excluding carboxylic acids is 1. The maximum atomic E-state index is 12.2. The highest BCUT2D eigenvalue weighted by atomic mass is 16.5. The number of piperidine rings is 1. The molecule has 0 radical (unpaired) electrons. The number of aromatic nitrogens is 1.